The zero-order chi connectivity index (χ0) is 19.1. The van der Waals surface area contributed by atoms with Gasteiger partial charge in [-0.05, 0) is 48.7 Å². The number of fused-ring (bicyclic) bond motifs is 2. The highest BCUT2D eigenvalue weighted by atomic mass is 19.1. The van der Waals surface area contributed by atoms with Crippen LogP contribution in [0.2, 0.25) is 0 Å². The molecular formula is C22H17FN4O. The molecule has 3 aromatic heterocycles. The normalized spacial score (nSPS) is 15.5. The number of pyridine rings is 2. The van der Waals surface area contributed by atoms with E-state index in [1.165, 1.54) is 6.07 Å². The van der Waals surface area contributed by atoms with Gasteiger partial charge in [-0.1, -0.05) is 12.1 Å². The number of nitrogens with one attached hydrogen (secondary N) is 2. The van der Waals surface area contributed by atoms with E-state index in [2.05, 4.69) is 20.3 Å². The third kappa shape index (κ3) is 2.74. The van der Waals surface area contributed by atoms with Crippen LogP contribution in [-0.4, -0.2) is 20.9 Å². The molecule has 28 heavy (non-hydrogen) atoms. The molecule has 0 aliphatic heterocycles. The van der Waals surface area contributed by atoms with Crippen molar-refractivity contribution in [2.24, 2.45) is 0 Å². The van der Waals surface area contributed by atoms with Gasteiger partial charge in [0.2, 0.25) is 0 Å². The van der Waals surface area contributed by atoms with Crippen LogP contribution in [0.3, 0.4) is 0 Å². The Hall–Kier alpha value is -3.54. The van der Waals surface area contributed by atoms with Crippen molar-refractivity contribution < 1.29 is 9.18 Å². The fourth-order valence-electron chi connectivity index (χ4n) is 3.89. The van der Waals surface area contributed by atoms with Crippen molar-refractivity contribution in [3.63, 3.8) is 0 Å². The lowest BCUT2D eigenvalue weighted by atomic mass is 10.1. The molecule has 1 aliphatic carbocycles. The summed E-state index contributed by atoms with van der Waals surface area (Å²) in [7, 11) is 0. The molecule has 2 N–H and O–H groups in total. The van der Waals surface area contributed by atoms with Gasteiger partial charge in [-0.15, -0.1) is 0 Å². The number of hydrogen-bond acceptors (Lipinski definition) is 3. The van der Waals surface area contributed by atoms with Gasteiger partial charge in [0.15, 0.2) is 0 Å². The quantitative estimate of drug-likeness (QED) is 0.567. The number of nitrogens with zero attached hydrogens (tertiary/aromatic N) is 2. The molecule has 0 saturated carbocycles. The third-order valence-corrected chi connectivity index (χ3v) is 5.26. The first-order valence-electron chi connectivity index (χ1n) is 9.17. The van der Waals surface area contributed by atoms with Crippen molar-refractivity contribution in [1.29, 1.82) is 0 Å². The maximum absolute atomic E-state index is 14.2. The van der Waals surface area contributed by atoms with Crippen LogP contribution in [-0.2, 0) is 6.42 Å². The number of halogens is 1. The third-order valence-electron chi connectivity index (χ3n) is 5.26. The fourth-order valence-corrected chi connectivity index (χ4v) is 3.89. The number of rotatable bonds is 3. The second kappa shape index (κ2) is 6.56. The summed E-state index contributed by atoms with van der Waals surface area (Å²) in [5.74, 6) is -0.511. The number of hydrogen-bond donors (Lipinski definition) is 2. The molecule has 138 valence electrons. The highest BCUT2D eigenvalue weighted by Gasteiger charge is 2.27. The summed E-state index contributed by atoms with van der Waals surface area (Å²) in [6, 6.07) is 12.2. The molecule has 0 spiro atoms. The molecule has 0 saturated heterocycles. The number of aromatic nitrogens is 3. The van der Waals surface area contributed by atoms with Crippen LogP contribution in [0.4, 0.5) is 4.39 Å². The van der Waals surface area contributed by atoms with Gasteiger partial charge in [-0.2, -0.15) is 0 Å². The van der Waals surface area contributed by atoms with Crippen molar-refractivity contribution in [2.75, 3.05) is 0 Å². The van der Waals surface area contributed by atoms with Crippen molar-refractivity contribution in [3.05, 3.63) is 83.6 Å². The SMILES string of the molecule is O=C(NC1CCc2cccc(F)c21)c1ccc(-c2ccnc3[nH]ccc23)nc1. The number of aryl methyl sites for hydroxylation is 1. The van der Waals surface area contributed by atoms with E-state index in [0.717, 1.165) is 34.3 Å². The highest BCUT2D eigenvalue weighted by molar-refractivity contribution is 5.95. The van der Waals surface area contributed by atoms with Crippen molar-refractivity contribution in [1.82, 2.24) is 20.3 Å². The van der Waals surface area contributed by atoms with Gasteiger partial charge in [0.1, 0.15) is 11.5 Å². The Bertz CT molecular complexity index is 1180. The summed E-state index contributed by atoms with van der Waals surface area (Å²) in [6.45, 7) is 0. The lowest BCUT2D eigenvalue weighted by Gasteiger charge is -2.15. The standard InChI is InChI=1S/C22H17FN4O/c23-17-3-1-2-13-4-7-19(20(13)17)27-22(28)14-5-6-18(26-12-14)15-8-10-24-21-16(15)9-11-25-21/h1-3,5-6,8-12,19H,4,7H2,(H,24,25)(H,27,28). The van der Waals surface area contributed by atoms with Gasteiger partial charge in [-0.3, -0.25) is 9.78 Å². The topological polar surface area (TPSA) is 70.7 Å². The molecule has 3 heterocycles. The second-order valence-electron chi connectivity index (χ2n) is 6.91. The second-order valence-corrected chi connectivity index (χ2v) is 6.91. The molecule has 0 fully saturated rings. The molecular weight excluding hydrogens is 355 g/mol. The first-order chi connectivity index (χ1) is 13.7. The summed E-state index contributed by atoms with van der Waals surface area (Å²) in [5, 5.41) is 3.92. The Labute approximate surface area is 160 Å². The Morgan fingerprint density at radius 3 is 2.93 bits per heavy atom. The number of benzene rings is 1. The first-order valence-corrected chi connectivity index (χ1v) is 9.17. The first kappa shape index (κ1) is 16.6. The molecule has 1 aromatic carbocycles. The Morgan fingerprint density at radius 1 is 1.14 bits per heavy atom. The van der Waals surface area contributed by atoms with E-state index in [1.807, 2.05) is 30.5 Å². The lowest BCUT2D eigenvalue weighted by Crippen LogP contribution is -2.27. The van der Waals surface area contributed by atoms with Crippen LogP contribution in [0.15, 0.2) is 61.1 Å². The molecule has 0 bridgehead atoms. The molecule has 1 atom stereocenters. The van der Waals surface area contributed by atoms with E-state index in [0.29, 0.717) is 17.5 Å². The highest BCUT2D eigenvalue weighted by Crippen LogP contribution is 2.33. The van der Waals surface area contributed by atoms with Crippen molar-refractivity contribution in [3.8, 4) is 11.3 Å². The van der Waals surface area contributed by atoms with Gasteiger partial charge in [0, 0.05) is 35.1 Å². The minimum Gasteiger partial charge on any atom is -0.346 e. The summed E-state index contributed by atoms with van der Waals surface area (Å²) in [5.41, 5.74) is 4.53. The van der Waals surface area contributed by atoms with Gasteiger partial charge in [0.05, 0.1) is 17.3 Å². The smallest absolute Gasteiger partial charge is 0.253 e. The summed E-state index contributed by atoms with van der Waals surface area (Å²) in [6.07, 6.45) is 6.59. The van der Waals surface area contributed by atoms with E-state index in [1.54, 1.807) is 24.5 Å². The van der Waals surface area contributed by atoms with Crippen LogP contribution in [0, 0.1) is 5.82 Å². The summed E-state index contributed by atoms with van der Waals surface area (Å²) < 4.78 is 14.2. The number of H-pyrrole nitrogens is 1. The number of carbonyl (C=O) groups is 1. The predicted molar refractivity (Wildman–Crippen MR) is 104 cm³/mol. The maximum Gasteiger partial charge on any atom is 0.253 e. The zero-order valence-corrected chi connectivity index (χ0v) is 14.9. The Balaban J connectivity index is 1.38. The van der Waals surface area contributed by atoms with E-state index >= 15 is 0 Å². The van der Waals surface area contributed by atoms with Crippen LogP contribution in [0.25, 0.3) is 22.3 Å². The molecule has 1 unspecified atom stereocenters. The van der Waals surface area contributed by atoms with Crippen LogP contribution in [0.5, 0.6) is 0 Å². The Morgan fingerprint density at radius 2 is 2.07 bits per heavy atom. The molecule has 5 nitrogen and oxygen atoms in total. The minimum atomic E-state index is -0.303. The van der Waals surface area contributed by atoms with E-state index in [4.69, 9.17) is 0 Å². The Kier molecular flexibility index (Phi) is 3.90. The molecule has 0 radical (unpaired) electrons. The molecule has 1 amide bonds. The van der Waals surface area contributed by atoms with E-state index in [-0.39, 0.29) is 17.8 Å². The summed E-state index contributed by atoms with van der Waals surface area (Å²) in [4.78, 5) is 24.5. The van der Waals surface area contributed by atoms with Crippen molar-refractivity contribution >= 4 is 16.9 Å². The van der Waals surface area contributed by atoms with E-state index < -0.39 is 0 Å². The van der Waals surface area contributed by atoms with Gasteiger partial charge in [0.25, 0.3) is 5.91 Å². The number of carbonyl (C=O) groups excluding carboxylic acids is 1. The summed E-state index contributed by atoms with van der Waals surface area (Å²) >= 11 is 0. The van der Waals surface area contributed by atoms with Crippen molar-refractivity contribution in [2.45, 2.75) is 18.9 Å². The lowest BCUT2D eigenvalue weighted by molar-refractivity contribution is 0.0936. The number of aromatic amines is 1. The molecule has 5 rings (SSSR count). The van der Waals surface area contributed by atoms with Crippen LogP contribution < -0.4 is 5.32 Å². The maximum atomic E-state index is 14.2. The van der Waals surface area contributed by atoms with Gasteiger partial charge in [-0.25, -0.2) is 9.37 Å². The van der Waals surface area contributed by atoms with Crippen LogP contribution >= 0.6 is 0 Å². The number of amides is 1. The largest absolute Gasteiger partial charge is 0.346 e. The average molecular weight is 372 g/mol. The average Bonchev–Trinajstić information content (AvgIpc) is 3.36. The molecule has 1 aliphatic rings. The fraction of sp³-hybridized carbons (Fsp3) is 0.136. The monoisotopic (exact) mass is 372 g/mol. The van der Waals surface area contributed by atoms with Crippen LogP contribution in [0.1, 0.15) is 33.9 Å². The predicted octanol–water partition coefficient (Wildman–Crippen LogP) is 4.18. The van der Waals surface area contributed by atoms with Gasteiger partial charge >= 0.3 is 0 Å². The molecule has 4 aromatic rings. The molecule has 6 heteroatoms. The van der Waals surface area contributed by atoms with Gasteiger partial charge < -0.3 is 10.3 Å². The minimum absolute atomic E-state index is 0.248. The zero-order valence-electron chi connectivity index (χ0n) is 14.9. The van der Waals surface area contributed by atoms with E-state index in [9.17, 15) is 9.18 Å².